The number of aromatic nitrogens is 2. The fourth-order valence-electron chi connectivity index (χ4n) is 2.39. The molecular weight excluding hydrogens is 234 g/mol. The predicted molar refractivity (Wildman–Crippen MR) is 79.4 cm³/mol. The quantitative estimate of drug-likeness (QED) is 0.887. The van der Waals surface area contributed by atoms with Gasteiger partial charge in [0.05, 0.1) is 5.92 Å². The largest absolute Gasteiger partial charge is 0.348 e. The van der Waals surface area contributed by atoms with Gasteiger partial charge in [0, 0.05) is 18.9 Å². The predicted octanol–water partition coefficient (Wildman–Crippen LogP) is 3.11. The second kappa shape index (κ2) is 5.17. The van der Waals surface area contributed by atoms with E-state index in [0.717, 1.165) is 5.82 Å². The minimum atomic E-state index is 0.143. The van der Waals surface area contributed by atoms with Crippen molar-refractivity contribution in [1.29, 1.82) is 0 Å². The van der Waals surface area contributed by atoms with Crippen molar-refractivity contribution in [1.82, 2.24) is 9.97 Å². The second-order valence-corrected chi connectivity index (χ2v) is 6.08. The number of hydrogen-bond acceptors (Lipinski definition) is 2. The van der Waals surface area contributed by atoms with Crippen molar-refractivity contribution in [2.24, 2.45) is 5.73 Å². The third-order valence-corrected chi connectivity index (χ3v) is 3.60. The standard InChI is InChI=1S/C16H23N3/c1-11-9-12(16(2,3)4)5-6-13(11)14(10-17)15-18-7-8-19-15/h5-9,14H,10,17H2,1-4H3,(H,18,19). The highest BCUT2D eigenvalue weighted by atomic mass is 14.9. The average Bonchev–Trinajstić information content (AvgIpc) is 2.84. The van der Waals surface area contributed by atoms with E-state index in [2.05, 4.69) is 55.9 Å². The van der Waals surface area contributed by atoms with E-state index in [4.69, 9.17) is 5.73 Å². The topological polar surface area (TPSA) is 54.7 Å². The zero-order valence-corrected chi connectivity index (χ0v) is 12.2. The van der Waals surface area contributed by atoms with Gasteiger partial charge in [0.25, 0.3) is 0 Å². The maximum Gasteiger partial charge on any atom is 0.114 e. The van der Waals surface area contributed by atoms with E-state index < -0.39 is 0 Å². The van der Waals surface area contributed by atoms with Gasteiger partial charge in [-0.05, 0) is 29.0 Å². The number of nitrogens with zero attached hydrogens (tertiary/aromatic N) is 1. The van der Waals surface area contributed by atoms with E-state index in [1.54, 1.807) is 6.20 Å². The molecule has 0 spiro atoms. The summed E-state index contributed by atoms with van der Waals surface area (Å²) in [6.07, 6.45) is 3.62. The first-order valence-electron chi connectivity index (χ1n) is 6.74. The van der Waals surface area contributed by atoms with Crippen molar-refractivity contribution in [2.75, 3.05) is 6.54 Å². The Hall–Kier alpha value is -1.61. The second-order valence-electron chi connectivity index (χ2n) is 6.08. The molecular formula is C16H23N3. The number of benzene rings is 1. The van der Waals surface area contributed by atoms with Crippen LogP contribution in [0, 0.1) is 6.92 Å². The molecule has 0 aliphatic rings. The Morgan fingerprint density at radius 2 is 2.05 bits per heavy atom. The summed E-state index contributed by atoms with van der Waals surface area (Å²) in [4.78, 5) is 7.51. The number of aromatic amines is 1. The number of aryl methyl sites for hydroxylation is 1. The lowest BCUT2D eigenvalue weighted by Crippen LogP contribution is -2.17. The summed E-state index contributed by atoms with van der Waals surface area (Å²) >= 11 is 0. The molecule has 102 valence electrons. The van der Waals surface area contributed by atoms with Crippen molar-refractivity contribution in [3.8, 4) is 0 Å². The van der Waals surface area contributed by atoms with Crippen LogP contribution in [0.15, 0.2) is 30.6 Å². The summed E-state index contributed by atoms with van der Waals surface area (Å²) < 4.78 is 0. The number of H-pyrrole nitrogens is 1. The molecule has 1 atom stereocenters. The molecule has 2 rings (SSSR count). The number of rotatable bonds is 3. The van der Waals surface area contributed by atoms with Crippen LogP contribution in [-0.2, 0) is 5.41 Å². The first-order valence-corrected chi connectivity index (χ1v) is 6.74. The summed E-state index contributed by atoms with van der Waals surface area (Å²) in [5.41, 5.74) is 9.98. The number of hydrogen-bond donors (Lipinski definition) is 2. The molecule has 3 nitrogen and oxygen atoms in total. The van der Waals surface area contributed by atoms with Crippen molar-refractivity contribution in [3.63, 3.8) is 0 Å². The Labute approximate surface area is 115 Å². The molecule has 0 aliphatic carbocycles. The smallest absolute Gasteiger partial charge is 0.114 e. The Morgan fingerprint density at radius 1 is 1.32 bits per heavy atom. The average molecular weight is 257 g/mol. The summed E-state index contributed by atoms with van der Waals surface area (Å²) in [5, 5.41) is 0. The van der Waals surface area contributed by atoms with Gasteiger partial charge < -0.3 is 10.7 Å². The number of imidazole rings is 1. The van der Waals surface area contributed by atoms with Crippen molar-refractivity contribution >= 4 is 0 Å². The highest BCUT2D eigenvalue weighted by molar-refractivity contribution is 5.39. The lowest BCUT2D eigenvalue weighted by atomic mass is 9.83. The van der Waals surface area contributed by atoms with E-state index in [-0.39, 0.29) is 11.3 Å². The van der Waals surface area contributed by atoms with Crippen LogP contribution >= 0.6 is 0 Å². The minimum Gasteiger partial charge on any atom is -0.348 e. The van der Waals surface area contributed by atoms with Crippen LogP contribution in [0.5, 0.6) is 0 Å². The highest BCUT2D eigenvalue weighted by Gasteiger charge is 2.19. The minimum absolute atomic E-state index is 0.143. The van der Waals surface area contributed by atoms with Gasteiger partial charge in [-0.2, -0.15) is 0 Å². The highest BCUT2D eigenvalue weighted by Crippen LogP contribution is 2.29. The molecule has 2 aromatic rings. The molecule has 0 saturated carbocycles. The molecule has 0 fully saturated rings. The summed E-state index contributed by atoms with van der Waals surface area (Å²) in [5.74, 6) is 1.08. The fraction of sp³-hybridized carbons (Fsp3) is 0.438. The lowest BCUT2D eigenvalue weighted by Gasteiger charge is -2.22. The van der Waals surface area contributed by atoms with Crippen molar-refractivity contribution in [3.05, 3.63) is 53.1 Å². The lowest BCUT2D eigenvalue weighted by molar-refractivity contribution is 0.589. The summed E-state index contributed by atoms with van der Waals surface area (Å²) in [6, 6.07) is 6.66. The molecule has 0 saturated heterocycles. The SMILES string of the molecule is Cc1cc(C(C)(C)C)ccc1C(CN)c1ncc[nH]1. The van der Waals surface area contributed by atoms with Crippen LogP contribution in [0.1, 0.15) is 49.2 Å². The van der Waals surface area contributed by atoms with Crippen molar-refractivity contribution in [2.45, 2.75) is 39.0 Å². The molecule has 3 heteroatoms. The Bertz CT molecular complexity index is 536. The molecule has 1 unspecified atom stereocenters. The third kappa shape index (κ3) is 2.87. The molecule has 0 radical (unpaired) electrons. The van der Waals surface area contributed by atoms with Crippen LogP contribution in [-0.4, -0.2) is 16.5 Å². The van der Waals surface area contributed by atoms with Gasteiger partial charge in [0.15, 0.2) is 0 Å². The zero-order chi connectivity index (χ0) is 14.0. The Kier molecular flexibility index (Phi) is 3.76. The normalized spacial score (nSPS) is 13.5. The van der Waals surface area contributed by atoms with Gasteiger partial charge >= 0.3 is 0 Å². The van der Waals surface area contributed by atoms with Crippen LogP contribution < -0.4 is 5.73 Å². The molecule has 0 amide bonds. The first-order chi connectivity index (χ1) is 8.93. The molecule has 0 aliphatic heterocycles. The van der Waals surface area contributed by atoms with Crippen LogP contribution in [0.2, 0.25) is 0 Å². The number of nitrogens with two attached hydrogens (primary N) is 1. The molecule has 1 aromatic carbocycles. The van der Waals surface area contributed by atoms with Gasteiger partial charge in [-0.15, -0.1) is 0 Å². The third-order valence-electron chi connectivity index (χ3n) is 3.60. The van der Waals surface area contributed by atoms with Gasteiger partial charge in [-0.3, -0.25) is 0 Å². The van der Waals surface area contributed by atoms with E-state index in [1.165, 1.54) is 16.7 Å². The first kappa shape index (κ1) is 13.8. The fourth-order valence-corrected chi connectivity index (χ4v) is 2.39. The molecule has 0 bridgehead atoms. The summed E-state index contributed by atoms with van der Waals surface area (Å²) in [7, 11) is 0. The molecule has 1 aromatic heterocycles. The number of nitrogens with one attached hydrogen (secondary N) is 1. The van der Waals surface area contributed by atoms with E-state index in [1.807, 2.05) is 6.20 Å². The van der Waals surface area contributed by atoms with E-state index in [9.17, 15) is 0 Å². The summed E-state index contributed by atoms with van der Waals surface area (Å²) in [6.45, 7) is 9.40. The zero-order valence-electron chi connectivity index (χ0n) is 12.2. The van der Waals surface area contributed by atoms with Gasteiger partial charge in [0.2, 0.25) is 0 Å². The van der Waals surface area contributed by atoms with Crippen LogP contribution in [0.25, 0.3) is 0 Å². The Balaban J connectivity index is 2.40. The maximum absolute atomic E-state index is 5.93. The van der Waals surface area contributed by atoms with Crippen molar-refractivity contribution < 1.29 is 0 Å². The van der Waals surface area contributed by atoms with Crippen LogP contribution in [0.4, 0.5) is 0 Å². The maximum atomic E-state index is 5.93. The van der Waals surface area contributed by atoms with Crippen LogP contribution in [0.3, 0.4) is 0 Å². The molecule has 3 N–H and O–H groups in total. The Morgan fingerprint density at radius 3 is 2.53 bits per heavy atom. The van der Waals surface area contributed by atoms with E-state index >= 15 is 0 Å². The molecule has 19 heavy (non-hydrogen) atoms. The monoisotopic (exact) mass is 257 g/mol. The van der Waals surface area contributed by atoms with Gasteiger partial charge in [-0.25, -0.2) is 4.98 Å². The van der Waals surface area contributed by atoms with Gasteiger partial charge in [0.1, 0.15) is 5.82 Å². The van der Waals surface area contributed by atoms with E-state index in [0.29, 0.717) is 6.54 Å². The van der Waals surface area contributed by atoms with Gasteiger partial charge in [-0.1, -0.05) is 39.0 Å². The molecule has 1 heterocycles.